The summed E-state index contributed by atoms with van der Waals surface area (Å²) in [6.07, 6.45) is 3.88. The van der Waals surface area contributed by atoms with Crippen LogP contribution in [0.4, 0.5) is 5.82 Å². The van der Waals surface area contributed by atoms with E-state index in [1.807, 2.05) is 12.1 Å². The number of rotatable bonds is 7. The summed E-state index contributed by atoms with van der Waals surface area (Å²) in [5.74, 6) is 0.854. The second-order valence-electron chi connectivity index (χ2n) is 4.73. The van der Waals surface area contributed by atoms with E-state index in [1.165, 1.54) is 0 Å². The van der Waals surface area contributed by atoms with Crippen LogP contribution in [0.2, 0.25) is 0 Å². The van der Waals surface area contributed by atoms with Crippen molar-refractivity contribution < 1.29 is 4.79 Å². The van der Waals surface area contributed by atoms with E-state index in [1.54, 1.807) is 25.2 Å². The van der Waals surface area contributed by atoms with Gasteiger partial charge >= 0.3 is 0 Å². The summed E-state index contributed by atoms with van der Waals surface area (Å²) >= 11 is 0. The first-order valence-corrected chi connectivity index (χ1v) is 6.72. The van der Waals surface area contributed by atoms with Gasteiger partial charge in [0.1, 0.15) is 5.82 Å². The van der Waals surface area contributed by atoms with Gasteiger partial charge in [0.05, 0.1) is 5.56 Å². The molecule has 0 aromatic carbocycles. The molecular formula is C14H24N4O. The Morgan fingerprint density at radius 2 is 2.05 bits per heavy atom. The Labute approximate surface area is 115 Å². The average molecular weight is 264 g/mol. The highest BCUT2D eigenvalue weighted by molar-refractivity contribution is 5.93. The van der Waals surface area contributed by atoms with Gasteiger partial charge in [-0.2, -0.15) is 0 Å². The molecule has 0 aliphatic heterocycles. The molecule has 0 spiro atoms. The van der Waals surface area contributed by atoms with Gasteiger partial charge in [0.2, 0.25) is 0 Å². The summed E-state index contributed by atoms with van der Waals surface area (Å²) < 4.78 is 0. The zero-order valence-corrected chi connectivity index (χ0v) is 12.1. The number of hydrogen-bond acceptors (Lipinski definition) is 4. The first-order chi connectivity index (χ1) is 9.10. The second kappa shape index (κ2) is 7.74. The Kier molecular flexibility index (Phi) is 6.29. The molecule has 1 rings (SSSR count). The molecule has 0 radical (unpaired) electrons. The molecule has 2 N–H and O–H groups in total. The van der Waals surface area contributed by atoms with Crippen LogP contribution in [0.15, 0.2) is 18.3 Å². The molecule has 0 aliphatic carbocycles. The van der Waals surface area contributed by atoms with Crippen molar-refractivity contribution in [3.8, 4) is 0 Å². The van der Waals surface area contributed by atoms with Crippen molar-refractivity contribution in [1.82, 2.24) is 9.88 Å². The SMILES string of the molecule is CCCCN(CCN)c1ccc(C(=O)N(C)C)cn1. The standard InChI is InChI=1S/C14H24N4O/c1-4-5-9-18(10-8-15)13-7-6-12(11-16-13)14(19)17(2)3/h6-7,11H,4-5,8-10,15H2,1-3H3. The number of pyridine rings is 1. The molecule has 0 fully saturated rings. The molecule has 0 saturated heterocycles. The maximum Gasteiger partial charge on any atom is 0.254 e. The van der Waals surface area contributed by atoms with E-state index in [0.717, 1.165) is 31.7 Å². The minimum absolute atomic E-state index is 0.0296. The Morgan fingerprint density at radius 3 is 2.53 bits per heavy atom. The summed E-state index contributed by atoms with van der Waals surface area (Å²) in [5, 5.41) is 0. The number of carbonyl (C=O) groups excluding carboxylic acids is 1. The number of hydrogen-bond donors (Lipinski definition) is 1. The lowest BCUT2D eigenvalue weighted by Gasteiger charge is -2.23. The van der Waals surface area contributed by atoms with Crippen molar-refractivity contribution in [2.75, 3.05) is 38.6 Å². The molecule has 1 aromatic heterocycles. The van der Waals surface area contributed by atoms with E-state index in [-0.39, 0.29) is 5.91 Å². The van der Waals surface area contributed by atoms with Crippen molar-refractivity contribution in [2.24, 2.45) is 5.73 Å². The van der Waals surface area contributed by atoms with Crippen molar-refractivity contribution in [2.45, 2.75) is 19.8 Å². The molecule has 5 heteroatoms. The molecule has 1 heterocycles. The number of nitrogens with two attached hydrogens (primary N) is 1. The van der Waals surface area contributed by atoms with E-state index in [0.29, 0.717) is 12.1 Å². The van der Waals surface area contributed by atoms with Crippen LogP contribution in [0, 0.1) is 0 Å². The van der Waals surface area contributed by atoms with Gasteiger partial charge in [-0.1, -0.05) is 13.3 Å². The zero-order valence-electron chi connectivity index (χ0n) is 12.1. The molecule has 19 heavy (non-hydrogen) atoms. The summed E-state index contributed by atoms with van der Waals surface area (Å²) in [7, 11) is 3.47. The number of amides is 1. The van der Waals surface area contributed by atoms with E-state index in [4.69, 9.17) is 5.73 Å². The summed E-state index contributed by atoms with van der Waals surface area (Å²) in [6, 6.07) is 3.71. The van der Waals surface area contributed by atoms with Gasteiger partial charge in [0, 0.05) is 39.9 Å². The maximum atomic E-state index is 11.8. The minimum atomic E-state index is -0.0296. The van der Waals surface area contributed by atoms with Crippen LogP contribution in [0.25, 0.3) is 0 Å². The Hall–Kier alpha value is -1.62. The smallest absolute Gasteiger partial charge is 0.254 e. The number of carbonyl (C=O) groups is 1. The van der Waals surface area contributed by atoms with Crippen LogP contribution < -0.4 is 10.6 Å². The van der Waals surface area contributed by atoms with E-state index in [2.05, 4.69) is 16.8 Å². The third-order valence-corrected chi connectivity index (χ3v) is 2.91. The summed E-state index contributed by atoms with van der Waals surface area (Å²) in [4.78, 5) is 19.9. The number of aromatic nitrogens is 1. The average Bonchev–Trinajstić information content (AvgIpc) is 2.42. The van der Waals surface area contributed by atoms with Gasteiger partial charge in [-0.3, -0.25) is 4.79 Å². The maximum absolute atomic E-state index is 11.8. The van der Waals surface area contributed by atoms with Gasteiger partial charge in [0.15, 0.2) is 0 Å². The molecule has 0 aliphatic rings. The topological polar surface area (TPSA) is 62.5 Å². The highest BCUT2D eigenvalue weighted by Gasteiger charge is 2.10. The third kappa shape index (κ3) is 4.52. The first-order valence-electron chi connectivity index (χ1n) is 6.72. The molecule has 0 saturated carbocycles. The normalized spacial score (nSPS) is 10.3. The lowest BCUT2D eigenvalue weighted by molar-refractivity contribution is 0.0827. The van der Waals surface area contributed by atoms with E-state index in [9.17, 15) is 4.79 Å². The molecule has 1 amide bonds. The fourth-order valence-electron chi connectivity index (χ4n) is 1.80. The minimum Gasteiger partial charge on any atom is -0.355 e. The highest BCUT2D eigenvalue weighted by atomic mass is 16.2. The molecule has 106 valence electrons. The fourth-order valence-corrected chi connectivity index (χ4v) is 1.80. The predicted octanol–water partition coefficient (Wildman–Crippen LogP) is 1.35. The van der Waals surface area contributed by atoms with Crippen LogP contribution >= 0.6 is 0 Å². The van der Waals surface area contributed by atoms with Gasteiger partial charge in [-0.05, 0) is 18.6 Å². The molecule has 5 nitrogen and oxygen atoms in total. The fraction of sp³-hybridized carbons (Fsp3) is 0.571. The zero-order chi connectivity index (χ0) is 14.3. The Balaban J connectivity index is 2.79. The van der Waals surface area contributed by atoms with Crippen LogP contribution in [-0.2, 0) is 0 Å². The van der Waals surface area contributed by atoms with Crippen molar-refractivity contribution in [1.29, 1.82) is 0 Å². The monoisotopic (exact) mass is 264 g/mol. The Bertz CT molecular complexity index is 389. The van der Waals surface area contributed by atoms with E-state index < -0.39 is 0 Å². The number of nitrogens with zero attached hydrogens (tertiary/aromatic N) is 3. The lowest BCUT2D eigenvalue weighted by atomic mass is 10.2. The molecule has 0 unspecified atom stereocenters. The molecule has 0 bridgehead atoms. The van der Waals surface area contributed by atoms with Crippen LogP contribution in [0.5, 0.6) is 0 Å². The third-order valence-electron chi connectivity index (χ3n) is 2.91. The van der Waals surface area contributed by atoms with E-state index >= 15 is 0 Å². The van der Waals surface area contributed by atoms with Gasteiger partial charge < -0.3 is 15.5 Å². The highest BCUT2D eigenvalue weighted by Crippen LogP contribution is 2.12. The largest absolute Gasteiger partial charge is 0.355 e. The van der Waals surface area contributed by atoms with Crippen molar-refractivity contribution >= 4 is 11.7 Å². The van der Waals surface area contributed by atoms with Crippen molar-refractivity contribution in [3.63, 3.8) is 0 Å². The quantitative estimate of drug-likeness (QED) is 0.807. The first kappa shape index (κ1) is 15.4. The van der Waals surface area contributed by atoms with Crippen molar-refractivity contribution in [3.05, 3.63) is 23.9 Å². The summed E-state index contributed by atoms with van der Waals surface area (Å²) in [6.45, 7) is 4.49. The number of anilines is 1. The van der Waals surface area contributed by atoms with Crippen LogP contribution in [-0.4, -0.2) is 49.5 Å². The molecule has 1 aromatic rings. The van der Waals surface area contributed by atoms with Crippen LogP contribution in [0.3, 0.4) is 0 Å². The van der Waals surface area contributed by atoms with Gasteiger partial charge in [-0.25, -0.2) is 4.98 Å². The van der Waals surface area contributed by atoms with Gasteiger partial charge in [-0.15, -0.1) is 0 Å². The summed E-state index contributed by atoms with van der Waals surface area (Å²) in [5.41, 5.74) is 6.23. The lowest BCUT2D eigenvalue weighted by Crippen LogP contribution is -2.31. The molecular weight excluding hydrogens is 240 g/mol. The number of unbranched alkanes of at least 4 members (excludes halogenated alkanes) is 1. The second-order valence-corrected chi connectivity index (χ2v) is 4.73. The molecule has 0 atom stereocenters. The predicted molar refractivity (Wildman–Crippen MR) is 78.4 cm³/mol. The van der Waals surface area contributed by atoms with Crippen LogP contribution in [0.1, 0.15) is 30.1 Å². The Morgan fingerprint density at radius 1 is 1.32 bits per heavy atom. The van der Waals surface area contributed by atoms with Gasteiger partial charge in [0.25, 0.3) is 5.91 Å².